The molecule has 1 unspecified atom stereocenters. The molecule has 0 aromatic heterocycles. The van der Waals surface area contributed by atoms with Crippen LogP contribution >= 0.6 is 0 Å². The number of aliphatic hydroxyl groups is 1. The highest BCUT2D eigenvalue weighted by Crippen LogP contribution is 2.34. The fourth-order valence-electron chi connectivity index (χ4n) is 2.14. The number of anilines is 1. The van der Waals surface area contributed by atoms with Gasteiger partial charge in [0.25, 0.3) is 0 Å². The molecule has 0 saturated carbocycles. The summed E-state index contributed by atoms with van der Waals surface area (Å²) in [5, 5.41) is 8.99. The third-order valence-electron chi connectivity index (χ3n) is 3.16. The third kappa shape index (κ3) is 2.58. The Hall–Kier alpha value is -1.30. The van der Waals surface area contributed by atoms with E-state index in [1.807, 2.05) is 0 Å². The molecule has 6 heteroatoms. The first-order valence-electron chi connectivity index (χ1n) is 5.64. The molecule has 1 aromatic carbocycles. The molecule has 1 heterocycles. The number of hydrogen-bond donors (Lipinski definition) is 1. The lowest BCUT2D eigenvalue weighted by Crippen LogP contribution is -2.21. The SMILES string of the molecule is OCC1CCN(c2ccc(F)c(C(F)(F)F)c2)C1. The number of hydrogen-bond acceptors (Lipinski definition) is 2. The summed E-state index contributed by atoms with van der Waals surface area (Å²) in [5.74, 6) is -1.19. The first-order valence-corrected chi connectivity index (χ1v) is 5.64. The van der Waals surface area contributed by atoms with Gasteiger partial charge >= 0.3 is 6.18 Å². The molecule has 18 heavy (non-hydrogen) atoms. The van der Waals surface area contributed by atoms with Crippen molar-refractivity contribution in [2.75, 3.05) is 24.6 Å². The zero-order valence-corrected chi connectivity index (χ0v) is 9.54. The summed E-state index contributed by atoms with van der Waals surface area (Å²) in [6, 6.07) is 3.00. The van der Waals surface area contributed by atoms with E-state index in [0.717, 1.165) is 18.6 Å². The van der Waals surface area contributed by atoms with Crippen LogP contribution in [-0.2, 0) is 6.18 Å². The molecule has 0 aliphatic carbocycles. The largest absolute Gasteiger partial charge is 0.419 e. The van der Waals surface area contributed by atoms with Crippen LogP contribution in [0.5, 0.6) is 0 Å². The minimum atomic E-state index is -4.68. The quantitative estimate of drug-likeness (QED) is 0.829. The van der Waals surface area contributed by atoms with Gasteiger partial charge in [-0.1, -0.05) is 0 Å². The Morgan fingerprint density at radius 2 is 2.06 bits per heavy atom. The van der Waals surface area contributed by atoms with Crippen molar-refractivity contribution < 1.29 is 22.7 Å². The monoisotopic (exact) mass is 263 g/mol. The van der Waals surface area contributed by atoms with E-state index in [0.29, 0.717) is 18.8 Å². The molecule has 1 atom stereocenters. The minimum absolute atomic E-state index is 0.0177. The van der Waals surface area contributed by atoms with Gasteiger partial charge in [0.15, 0.2) is 0 Å². The molecule has 0 bridgehead atoms. The van der Waals surface area contributed by atoms with Crippen LogP contribution in [0.2, 0.25) is 0 Å². The topological polar surface area (TPSA) is 23.5 Å². The molecule has 0 spiro atoms. The fourth-order valence-corrected chi connectivity index (χ4v) is 2.14. The Bertz CT molecular complexity index is 433. The van der Waals surface area contributed by atoms with E-state index in [9.17, 15) is 17.6 Å². The summed E-state index contributed by atoms with van der Waals surface area (Å²) >= 11 is 0. The average molecular weight is 263 g/mol. The van der Waals surface area contributed by atoms with Gasteiger partial charge in [-0.25, -0.2) is 4.39 Å². The Kier molecular flexibility index (Phi) is 3.47. The number of alkyl halides is 3. The summed E-state index contributed by atoms with van der Waals surface area (Å²) in [6.45, 7) is 1.09. The standard InChI is InChI=1S/C12H13F4NO/c13-11-2-1-9(5-10(11)12(14,15)16)17-4-3-8(6-17)7-18/h1-2,5,8,18H,3-4,6-7H2. The van der Waals surface area contributed by atoms with Crippen LogP contribution in [0.25, 0.3) is 0 Å². The number of aliphatic hydroxyl groups excluding tert-OH is 1. The molecule has 1 N–H and O–H groups in total. The van der Waals surface area contributed by atoms with Crippen LogP contribution in [-0.4, -0.2) is 24.8 Å². The molecular formula is C12H13F4NO. The summed E-state index contributed by atoms with van der Waals surface area (Å²) in [4.78, 5) is 1.73. The van der Waals surface area contributed by atoms with E-state index in [-0.39, 0.29) is 12.5 Å². The van der Waals surface area contributed by atoms with Crippen molar-refractivity contribution in [2.24, 2.45) is 5.92 Å². The van der Waals surface area contributed by atoms with Crippen molar-refractivity contribution in [2.45, 2.75) is 12.6 Å². The second kappa shape index (κ2) is 4.76. The summed E-state index contributed by atoms with van der Waals surface area (Å²) < 4.78 is 50.8. The van der Waals surface area contributed by atoms with E-state index in [1.54, 1.807) is 4.90 Å². The van der Waals surface area contributed by atoms with Crippen LogP contribution in [0.15, 0.2) is 18.2 Å². The van der Waals surface area contributed by atoms with E-state index in [4.69, 9.17) is 5.11 Å². The van der Waals surface area contributed by atoms with Gasteiger partial charge in [-0.05, 0) is 24.6 Å². The van der Waals surface area contributed by atoms with Crippen LogP contribution in [0.1, 0.15) is 12.0 Å². The molecule has 1 aliphatic heterocycles. The molecule has 1 aromatic rings. The molecule has 2 rings (SSSR count). The number of halogens is 4. The number of benzene rings is 1. The molecule has 0 radical (unpaired) electrons. The number of rotatable bonds is 2. The van der Waals surface area contributed by atoms with Gasteiger partial charge in [0.1, 0.15) is 5.82 Å². The fraction of sp³-hybridized carbons (Fsp3) is 0.500. The van der Waals surface area contributed by atoms with Crippen molar-refractivity contribution in [3.63, 3.8) is 0 Å². The summed E-state index contributed by atoms with van der Waals surface area (Å²) in [5.41, 5.74) is -0.896. The van der Waals surface area contributed by atoms with Gasteiger partial charge in [-0.15, -0.1) is 0 Å². The zero-order chi connectivity index (χ0) is 13.3. The smallest absolute Gasteiger partial charge is 0.396 e. The summed E-state index contributed by atoms with van der Waals surface area (Å²) in [7, 11) is 0. The van der Waals surface area contributed by atoms with Crippen molar-refractivity contribution >= 4 is 5.69 Å². The predicted octanol–water partition coefficient (Wildman–Crippen LogP) is 2.66. The van der Waals surface area contributed by atoms with Crippen LogP contribution in [0, 0.1) is 11.7 Å². The molecular weight excluding hydrogens is 250 g/mol. The molecule has 1 saturated heterocycles. The molecule has 0 amide bonds. The van der Waals surface area contributed by atoms with Gasteiger partial charge in [-0.2, -0.15) is 13.2 Å². The lowest BCUT2D eigenvalue weighted by Gasteiger charge is -2.20. The maximum Gasteiger partial charge on any atom is 0.419 e. The Morgan fingerprint density at radius 3 is 2.61 bits per heavy atom. The third-order valence-corrected chi connectivity index (χ3v) is 3.16. The molecule has 100 valence electrons. The normalized spacial score (nSPS) is 20.5. The minimum Gasteiger partial charge on any atom is -0.396 e. The molecule has 2 nitrogen and oxygen atoms in total. The Labute approximate surface area is 102 Å². The van der Waals surface area contributed by atoms with E-state index >= 15 is 0 Å². The highest BCUT2D eigenvalue weighted by atomic mass is 19.4. The first kappa shape index (κ1) is 13.1. The van der Waals surface area contributed by atoms with Crippen molar-refractivity contribution in [1.82, 2.24) is 0 Å². The summed E-state index contributed by atoms with van der Waals surface area (Å²) in [6.07, 6.45) is -3.95. The Morgan fingerprint density at radius 1 is 1.33 bits per heavy atom. The maximum absolute atomic E-state index is 13.1. The van der Waals surface area contributed by atoms with E-state index < -0.39 is 17.6 Å². The van der Waals surface area contributed by atoms with Gasteiger partial charge in [-0.3, -0.25) is 0 Å². The molecule has 1 fully saturated rings. The number of nitrogens with zero attached hydrogens (tertiary/aromatic N) is 1. The van der Waals surface area contributed by atoms with Crippen molar-refractivity contribution in [1.29, 1.82) is 0 Å². The lowest BCUT2D eigenvalue weighted by atomic mass is 10.1. The van der Waals surface area contributed by atoms with Gasteiger partial charge < -0.3 is 10.0 Å². The van der Waals surface area contributed by atoms with Gasteiger partial charge in [0.05, 0.1) is 5.56 Å². The maximum atomic E-state index is 13.1. The van der Waals surface area contributed by atoms with Gasteiger partial charge in [0.2, 0.25) is 0 Å². The second-order valence-corrected chi connectivity index (χ2v) is 4.45. The van der Waals surface area contributed by atoms with Gasteiger partial charge in [0, 0.05) is 31.3 Å². The van der Waals surface area contributed by atoms with Crippen LogP contribution in [0.3, 0.4) is 0 Å². The average Bonchev–Trinajstić information content (AvgIpc) is 2.76. The van der Waals surface area contributed by atoms with Crippen LogP contribution < -0.4 is 4.90 Å². The zero-order valence-electron chi connectivity index (χ0n) is 9.54. The van der Waals surface area contributed by atoms with Crippen LogP contribution in [0.4, 0.5) is 23.2 Å². The predicted molar refractivity (Wildman–Crippen MR) is 58.8 cm³/mol. The van der Waals surface area contributed by atoms with Crippen molar-refractivity contribution in [3.8, 4) is 0 Å². The first-order chi connectivity index (χ1) is 8.41. The lowest BCUT2D eigenvalue weighted by molar-refractivity contribution is -0.139. The highest BCUT2D eigenvalue weighted by molar-refractivity contribution is 5.50. The van der Waals surface area contributed by atoms with E-state index in [2.05, 4.69) is 0 Å². The highest BCUT2D eigenvalue weighted by Gasteiger charge is 2.35. The molecule has 1 aliphatic rings. The Balaban J connectivity index is 2.25. The van der Waals surface area contributed by atoms with E-state index in [1.165, 1.54) is 6.07 Å². The second-order valence-electron chi connectivity index (χ2n) is 4.45. The van der Waals surface area contributed by atoms with Crippen molar-refractivity contribution in [3.05, 3.63) is 29.6 Å².